The molecule has 0 saturated carbocycles. The molecule has 3 rings (SSSR count). The van der Waals surface area contributed by atoms with Crippen molar-refractivity contribution < 1.29 is 30.1 Å². The van der Waals surface area contributed by atoms with E-state index in [0.717, 1.165) is 0 Å². The third-order valence-corrected chi connectivity index (χ3v) is 4.67. The van der Waals surface area contributed by atoms with Gasteiger partial charge in [-0.3, -0.25) is 9.19 Å². The van der Waals surface area contributed by atoms with Gasteiger partial charge in [0.05, 0.1) is 47.5 Å². The quantitative estimate of drug-likeness (QED) is 0.586. The van der Waals surface area contributed by atoms with E-state index >= 15 is 0 Å². The van der Waals surface area contributed by atoms with Crippen molar-refractivity contribution in [2.45, 2.75) is 17.5 Å². The zero-order valence-electron chi connectivity index (χ0n) is 16.6. The van der Waals surface area contributed by atoms with Gasteiger partial charge in [0.1, 0.15) is 5.75 Å². The summed E-state index contributed by atoms with van der Waals surface area (Å²) in [5, 5.41) is 0.195. The summed E-state index contributed by atoms with van der Waals surface area (Å²) in [6, 6.07) is 5.89. The van der Waals surface area contributed by atoms with Crippen molar-refractivity contribution in [2.24, 2.45) is 0 Å². The van der Waals surface area contributed by atoms with Crippen LogP contribution in [0.1, 0.15) is 8.55 Å². The molecular weight excluding hydrogens is 408 g/mol. The summed E-state index contributed by atoms with van der Waals surface area (Å²) in [5.41, 5.74) is 1.38. The third kappa shape index (κ3) is 5.07. The molecule has 142 valence electrons. The molecule has 7 nitrogen and oxygen atoms in total. The van der Waals surface area contributed by atoms with Gasteiger partial charge in [0, 0.05) is 18.3 Å². The van der Waals surface area contributed by atoms with Crippen LogP contribution in [0.4, 0.5) is 8.78 Å². The predicted molar refractivity (Wildman–Crippen MR) is 98.2 cm³/mol. The maximum absolute atomic E-state index is 12.6. The summed E-state index contributed by atoms with van der Waals surface area (Å²) >= 11 is 0. The number of fused-ring (bicyclic) bond motifs is 1. The van der Waals surface area contributed by atoms with E-state index in [0.29, 0.717) is 28.2 Å². The van der Waals surface area contributed by atoms with Gasteiger partial charge in [0.2, 0.25) is 0 Å². The summed E-state index contributed by atoms with van der Waals surface area (Å²) in [6.07, 6.45) is 1.53. The van der Waals surface area contributed by atoms with E-state index in [1.165, 1.54) is 38.6 Å². The second kappa shape index (κ2) is 9.63. The first-order valence-corrected chi connectivity index (χ1v) is 8.72. The molecule has 2 heterocycles. The van der Waals surface area contributed by atoms with Crippen molar-refractivity contribution in [3.8, 4) is 17.2 Å². The van der Waals surface area contributed by atoms with E-state index in [2.05, 4.69) is 19.7 Å². The van der Waals surface area contributed by atoms with Crippen LogP contribution in [0, 0.1) is 0 Å². The molecule has 0 radical (unpaired) electrons. The molecule has 1 atom stereocenters. The van der Waals surface area contributed by atoms with Crippen LogP contribution in [0.5, 0.6) is 17.2 Å². The number of hydrogen-bond donors (Lipinski definition) is 1. The van der Waals surface area contributed by atoms with Gasteiger partial charge < -0.3 is 22.0 Å². The van der Waals surface area contributed by atoms with Gasteiger partial charge in [-0.2, -0.15) is 8.78 Å². The molecule has 0 fully saturated rings. The molecule has 0 bridgehead atoms. The van der Waals surface area contributed by atoms with Crippen molar-refractivity contribution in [1.82, 2.24) is 15.0 Å². The van der Waals surface area contributed by atoms with Gasteiger partial charge in [0.25, 0.3) is 0 Å². The van der Waals surface area contributed by atoms with Gasteiger partial charge in [-0.1, -0.05) is 0 Å². The normalized spacial score (nSPS) is 11.9. The Balaban J connectivity index is 0.00000261. The maximum atomic E-state index is 12.6. The first-order valence-electron chi connectivity index (χ1n) is 7.40. The number of rotatable bonds is 7. The van der Waals surface area contributed by atoms with Crippen LogP contribution in [0.3, 0.4) is 0 Å². The van der Waals surface area contributed by atoms with Crippen molar-refractivity contribution in [1.29, 1.82) is 0 Å². The molecule has 1 aromatic carbocycles. The Morgan fingerprint density at radius 2 is 2.04 bits per heavy atom. The Morgan fingerprint density at radius 3 is 2.70 bits per heavy atom. The van der Waals surface area contributed by atoms with Crippen LogP contribution in [0.25, 0.3) is 11.0 Å². The minimum Gasteiger partial charge on any atom is -1.00 e. The molecule has 0 spiro atoms. The monoisotopic (exact) mass is 425 g/mol. The number of nitrogens with zero attached hydrogens (tertiary/aromatic N) is 2. The Kier molecular flexibility index (Phi) is 7.78. The number of imidazole rings is 1. The van der Waals surface area contributed by atoms with Crippen LogP contribution in [0.15, 0.2) is 35.6 Å². The molecule has 11 heteroatoms. The fraction of sp³-hybridized carbons (Fsp3) is 0.250. The first kappa shape index (κ1) is 21.8. The van der Waals surface area contributed by atoms with Gasteiger partial charge in [0.15, 0.2) is 16.7 Å². The number of halogens is 2. The maximum Gasteiger partial charge on any atom is 2.00 e. The zero-order chi connectivity index (χ0) is 18.7. The second-order valence-electron chi connectivity index (χ2n) is 5.08. The van der Waals surface area contributed by atoms with Crippen molar-refractivity contribution >= 4 is 59.6 Å². The molecule has 1 N–H and O–H groups in total. The predicted octanol–water partition coefficient (Wildman–Crippen LogP) is 2.73. The summed E-state index contributed by atoms with van der Waals surface area (Å²) in [5.74, 6) is 0.908. The molecule has 0 saturated heterocycles. The van der Waals surface area contributed by atoms with Gasteiger partial charge in [-0.05, 0) is 12.1 Å². The van der Waals surface area contributed by atoms with E-state index < -0.39 is 17.4 Å². The number of benzene rings is 1. The number of ether oxygens (including phenoxy) is 3. The molecule has 0 aliphatic rings. The van der Waals surface area contributed by atoms with E-state index in [4.69, 9.17) is 9.47 Å². The van der Waals surface area contributed by atoms with Crippen LogP contribution in [-0.4, -0.2) is 77.7 Å². The summed E-state index contributed by atoms with van der Waals surface area (Å²) in [6.45, 7) is -2.92. The Morgan fingerprint density at radius 1 is 1.26 bits per heavy atom. The number of methoxy groups -OCH3 is 2. The number of hydrogen-bond acceptors (Lipinski definition) is 6. The molecule has 0 aliphatic carbocycles. The van der Waals surface area contributed by atoms with E-state index in [1.54, 1.807) is 6.07 Å². The number of aromatic nitrogens is 3. The summed E-state index contributed by atoms with van der Waals surface area (Å²) in [7, 11) is 1.41. The molecule has 3 aromatic rings. The first-order chi connectivity index (χ1) is 12.5. The molecule has 27 heavy (non-hydrogen) atoms. The van der Waals surface area contributed by atoms with Gasteiger partial charge in [-0.25, -0.2) is 4.98 Å². The van der Waals surface area contributed by atoms with Crippen LogP contribution >= 0.6 is 0 Å². The Bertz CT molecular complexity index is 965. The molecular formula is C16H17CaF2N3O4S. The largest absolute Gasteiger partial charge is 2.00 e. The SMILES string of the molecule is COc1ccnc(CS(=O)c2nc3ccc(OC(F)F)cc3[nH]2)c1OC.[Ca+2].[H-].[H-]. The number of aromatic amines is 1. The van der Waals surface area contributed by atoms with Crippen LogP contribution in [0.2, 0.25) is 0 Å². The van der Waals surface area contributed by atoms with Crippen molar-refractivity contribution in [2.75, 3.05) is 14.2 Å². The average Bonchev–Trinajstić information content (AvgIpc) is 3.04. The summed E-state index contributed by atoms with van der Waals surface area (Å²) in [4.78, 5) is 11.3. The average molecular weight is 425 g/mol. The standard InChI is InChI=1S/C16H15F2N3O4S.Ca.2H/c1-23-13-5-6-19-12(14(13)24-2)8-26(22)16-20-10-4-3-9(25-15(17)18)7-11(10)21-16;;;/h3-7,15H,8H2,1-2H3,(H,20,21);;;/q;+2;2*-1. The Labute approximate surface area is 188 Å². The zero-order valence-corrected chi connectivity index (χ0v) is 17.6. The van der Waals surface area contributed by atoms with Crippen molar-refractivity contribution in [3.63, 3.8) is 0 Å². The fourth-order valence-corrected chi connectivity index (χ4v) is 3.41. The molecule has 0 amide bonds. The topological polar surface area (TPSA) is 86.3 Å². The third-order valence-electron chi connectivity index (χ3n) is 3.51. The van der Waals surface area contributed by atoms with E-state index in [-0.39, 0.29) is 57.3 Å². The molecule has 0 aliphatic heterocycles. The number of alkyl halides is 2. The van der Waals surface area contributed by atoms with Gasteiger partial charge in [-0.15, -0.1) is 0 Å². The van der Waals surface area contributed by atoms with E-state index in [9.17, 15) is 13.0 Å². The Hall–Kier alpha value is -1.49. The van der Waals surface area contributed by atoms with Crippen molar-refractivity contribution in [3.05, 3.63) is 36.2 Å². The minimum absolute atomic E-state index is 0. The second-order valence-corrected chi connectivity index (χ2v) is 6.45. The smallest absolute Gasteiger partial charge is 1.00 e. The molecule has 1 unspecified atom stereocenters. The fourth-order valence-electron chi connectivity index (χ4n) is 2.40. The van der Waals surface area contributed by atoms with Gasteiger partial charge >= 0.3 is 44.3 Å². The van der Waals surface area contributed by atoms with Crippen LogP contribution < -0.4 is 14.2 Å². The van der Waals surface area contributed by atoms with Crippen LogP contribution in [-0.2, 0) is 16.6 Å². The van der Waals surface area contributed by atoms with E-state index in [1.807, 2.05) is 0 Å². The number of nitrogens with one attached hydrogen (secondary N) is 1. The molecule has 2 aromatic heterocycles. The summed E-state index contributed by atoms with van der Waals surface area (Å²) < 4.78 is 52.1. The number of pyridine rings is 1. The minimum atomic E-state index is -2.92. The number of H-pyrrole nitrogens is 1.